The van der Waals surface area contributed by atoms with Crippen molar-refractivity contribution in [2.45, 2.75) is 47.5 Å². The molecule has 0 atom stereocenters. The summed E-state index contributed by atoms with van der Waals surface area (Å²) in [6.07, 6.45) is 0.839. The lowest BCUT2D eigenvalue weighted by Crippen LogP contribution is -2.27. The molecule has 0 aromatic rings. The van der Waals surface area contributed by atoms with Gasteiger partial charge < -0.3 is 25.7 Å². The Kier molecular flexibility index (Phi) is 13.1. The van der Waals surface area contributed by atoms with Crippen LogP contribution in [0.15, 0.2) is 24.0 Å². The van der Waals surface area contributed by atoms with Crippen molar-refractivity contribution in [2.24, 2.45) is 16.9 Å². The molecule has 0 unspecified atom stereocenters. The Morgan fingerprint density at radius 1 is 1.07 bits per heavy atom. The van der Waals surface area contributed by atoms with E-state index in [9.17, 15) is 19.2 Å². The van der Waals surface area contributed by atoms with Crippen LogP contribution in [0.1, 0.15) is 47.5 Å². The molecule has 0 spiro atoms. The van der Waals surface area contributed by atoms with Gasteiger partial charge in [-0.1, -0.05) is 20.4 Å². The molecule has 4 N–H and O–H groups in total. The van der Waals surface area contributed by atoms with E-state index >= 15 is 0 Å². The lowest BCUT2D eigenvalue weighted by Gasteiger charge is -2.29. The van der Waals surface area contributed by atoms with E-state index in [0.29, 0.717) is 19.6 Å². The normalized spacial score (nSPS) is 14.5. The molecule has 1 aliphatic rings. The fourth-order valence-electron chi connectivity index (χ4n) is 2.18. The molecule has 0 saturated carbocycles. The van der Waals surface area contributed by atoms with Crippen LogP contribution in [0.2, 0.25) is 0 Å². The van der Waals surface area contributed by atoms with E-state index in [2.05, 4.69) is 27.5 Å². The van der Waals surface area contributed by atoms with Crippen molar-refractivity contribution < 1.29 is 33.4 Å². The number of esters is 1. The smallest absolute Gasteiger partial charge is 0.404 e. The lowest BCUT2D eigenvalue weighted by molar-refractivity contribution is -0.138. The first-order valence-electron chi connectivity index (χ1n) is 8.31. The van der Waals surface area contributed by atoms with Gasteiger partial charge in [0.05, 0.1) is 13.2 Å². The highest BCUT2D eigenvalue weighted by Gasteiger charge is 2.32. The molecule has 0 bridgehead atoms. The molecule has 1 aliphatic carbocycles. The lowest BCUT2D eigenvalue weighted by atomic mass is 9.76. The molecule has 0 aromatic heterocycles. The number of hydrogen-bond acceptors (Lipinski definition) is 7. The molecular formula is C18H30N2O7. The Labute approximate surface area is 159 Å². The zero-order valence-electron chi connectivity index (χ0n) is 16.6. The Bertz CT molecular complexity index is 564. The summed E-state index contributed by atoms with van der Waals surface area (Å²) < 4.78 is 13.3. The van der Waals surface area contributed by atoms with Crippen LogP contribution in [-0.4, -0.2) is 37.2 Å². The van der Waals surface area contributed by atoms with Crippen molar-refractivity contribution in [1.29, 1.82) is 0 Å². The molecular weight excluding hydrogens is 356 g/mol. The van der Waals surface area contributed by atoms with Gasteiger partial charge in [-0.2, -0.15) is 0 Å². The van der Waals surface area contributed by atoms with Crippen molar-refractivity contribution >= 4 is 23.9 Å². The highest BCUT2D eigenvalue weighted by molar-refractivity contribution is 5.98. The molecule has 0 saturated heterocycles. The highest BCUT2D eigenvalue weighted by atomic mass is 16.5. The Balaban J connectivity index is 0. The molecule has 1 rings (SSSR count). The summed E-state index contributed by atoms with van der Waals surface area (Å²) >= 11 is 0. The second-order valence-electron chi connectivity index (χ2n) is 6.18. The van der Waals surface area contributed by atoms with E-state index in [0.717, 1.165) is 18.1 Å². The SMILES string of the molecule is C=CC(=O)OC1=C(C)CC(C)(C)CC1=O.CCOC(N)=O.CCOC(N)=O. The first-order chi connectivity index (χ1) is 12.4. The summed E-state index contributed by atoms with van der Waals surface area (Å²) in [5, 5.41) is 0. The van der Waals surface area contributed by atoms with Crippen LogP contribution in [0.25, 0.3) is 0 Å². The molecule has 9 heteroatoms. The maximum absolute atomic E-state index is 11.7. The first-order valence-corrected chi connectivity index (χ1v) is 8.31. The average Bonchev–Trinajstić information content (AvgIpc) is 2.50. The third-order valence-electron chi connectivity index (χ3n) is 2.97. The summed E-state index contributed by atoms with van der Waals surface area (Å²) in [5.41, 5.74) is 9.89. The van der Waals surface area contributed by atoms with E-state index in [4.69, 9.17) is 4.74 Å². The van der Waals surface area contributed by atoms with Crippen LogP contribution >= 0.6 is 0 Å². The Morgan fingerprint density at radius 2 is 1.52 bits per heavy atom. The molecule has 0 radical (unpaired) electrons. The number of Topliss-reactive ketones (excluding diaryl/α,β-unsaturated/α-hetero) is 1. The number of primary amides is 2. The fourth-order valence-corrected chi connectivity index (χ4v) is 2.18. The summed E-state index contributed by atoms with van der Waals surface area (Å²) in [6.45, 7) is 13.3. The number of amides is 2. The van der Waals surface area contributed by atoms with Gasteiger partial charge >= 0.3 is 18.2 Å². The number of carbonyl (C=O) groups is 4. The maximum Gasteiger partial charge on any atom is 0.404 e. The van der Waals surface area contributed by atoms with E-state index < -0.39 is 18.2 Å². The molecule has 0 aliphatic heterocycles. The van der Waals surface area contributed by atoms with Crippen molar-refractivity contribution in [3.8, 4) is 0 Å². The van der Waals surface area contributed by atoms with E-state index in [1.165, 1.54) is 0 Å². The van der Waals surface area contributed by atoms with Crippen LogP contribution < -0.4 is 11.5 Å². The van der Waals surface area contributed by atoms with Gasteiger partial charge in [-0.15, -0.1) is 0 Å². The first kappa shape index (κ1) is 26.4. The third-order valence-corrected chi connectivity index (χ3v) is 2.97. The Hall–Kier alpha value is -2.84. The highest BCUT2D eigenvalue weighted by Crippen LogP contribution is 2.36. The number of allylic oxidation sites excluding steroid dienone is 2. The molecule has 9 nitrogen and oxygen atoms in total. The predicted molar refractivity (Wildman–Crippen MR) is 99.4 cm³/mol. The van der Waals surface area contributed by atoms with Gasteiger partial charge in [0, 0.05) is 12.5 Å². The monoisotopic (exact) mass is 386 g/mol. The van der Waals surface area contributed by atoms with Crippen molar-refractivity contribution in [3.05, 3.63) is 24.0 Å². The van der Waals surface area contributed by atoms with Crippen LogP contribution in [0.4, 0.5) is 9.59 Å². The number of rotatable bonds is 4. The third kappa shape index (κ3) is 14.1. The van der Waals surface area contributed by atoms with E-state index in [-0.39, 0.29) is 17.0 Å². The van der Waals surface area contributed by atoms with Gasteiger partial charge in [0.15, 0.2) is 11.5 Å². The van der Waals surface area contributed by atoms with Gasteiger partial charge in [0.2, 0.25) is 0 Å². The predicted octanol–water partition coefficient (Wildman–Crippen LogP) is 2.58. The second kappa shape index (κ2) is 13.4. The molecule has 0 fully saturated rings. The van der Waals surface area contributed by atoms with Crippen LogP contribution in [0.3, 0.4) is 0 Å². The van der Waals surface area contributed by atoms with Crippen molar-refractivity contribution in [3.63, 3.8) is 0 Å². The summed E-state index contributed by atoms with van der Waals surface area (Å²) in [4.78, 5) is 41.9. The summed E-state index contributed by atoms with van der Waals surface area (Å²) in [6, 6.07) is 0. The van der Waals surface area contributed by atoms with Crippen molar-refractivity contribution in [1.82, 2.24) is 0 Å². The number of carbonyl (C=O) groups excluding carboxylic acids is 4. The molecule has 27 heavy (non-hydrogen) atoms. The quantitative estimate of drug-likeness (QED) is 0.428. The number of nitrogens with two attached hydrogens (primary N) is 2. The minimum Gasteiger partial charge on any atom is -0.450 e. The second-order valence-corrected chi connectivity index (χ2v) is 6.18. The van der Waals surface area contributed by atoms with E-state index in [1.807, 2.05) is 20.8 Å². The minimum atomic E-state index is -0.711. The molecule has 0 heterocycles. The van der Waals surface area contributed by atoms with Crippen LogP contribution in [0.5, 0.6) is 0 Å². The topological polar surface area (TPSA) is 148 Å². The summed E-state index contributed by atoms with van der Waals surface area (Å²) in [7, 11) is 0. The molecule has 2 amide bonds. The standard InChI is InChI=1S/C12H16O3.2C3H7NO2/c1-5-10(14)15-11-8(2)6-12(3,4)7-9(11)13;2*1-2-6-3(4)5/h5H,1,6-7H2,2-4H3;2*2H2,1H3,(H2,4,5). The van der Waals surface area contributed by atoms with Gasteiger partial charge in [-0.3, -0.25) is 4.79 Å². The minimum absolute atomic E-state index is 0.0365. The molecule has 0 aromatic carbocycles. The van der Waals surface area contributed by atoms with Gasteiger partial charge in [0.25, 0.3) is 0 Å². The van der Waals surface area contributed by atoms with Gasteiger partial charge in [0.1, 0.15) is 0 Å². The average molecular weight is 386 g/mol. The fraction of sp³-hybridized carbons (Fsp3) is 0.556. The van der Waals surface area contributed by atoms with E-state index in [1.54, 1.807) is 13.8 Å². The van der Waals surface area contributed by atoms with Gasteiger partial charge in [-0.05, 0) is 38.2 Å². The number of ketones is 1. The van der Waals surface area contributed by atoms with Crippen molar-refractivity contribution in [2.75, 3.05) is 13.2 Å². The maximum atomic E-state index is 11.7. The number of ether oxygens (including phenoxy) is 3. The largest absolute Gasteiger partial charge is 0.450 e. The van der Waals surface area contributed by atoms with Crippen LogP contribution in [0, 0.1) is 5.41 Å². The Morgan fingerprint density at radius 3 is 1.78 bits per heavy atom. The van der Waals surface area contributed by atoms with Crippen LogP contribution in [-0.2, 0) is 23.8 Å². The molecule has 154 valence electrons. The zero-order valence-corrected chi connectivity index (χ0v) is 16.6. The zero-order chi connectivity index (χ0) is 21.6. The number of hydrogen-bond donors (Lipinski definition) is 2. The van der Waals surface area contributed by atoms with Gasteiger partial charge in [-0.25, -0.2) is 14.4 Å². The summed E-state index contributed by atoms with van der Waals surface area (Å²) in [5.74, 6) is -0.462.